The Labute approximate surface area is 190 Å². The lowest BCUT2D eigenvalue weighted by atomic mass is 9.86. The van der Waals surface area contributed by atoms with Crippen molar-refractivity contribution in [1.29, 1.82) is 5.26 Å². The van der Waals surface area contributed by atoms with E-state index in [0.717, 1.165) is 5.56 Å². The number of benzene rings is 2. The normalized spacial score (nSPS) is 18.2. The van der Waals surface area contributed by atoms with Gasteiger partial charge in [0.1, 0.15) is 5.82 Å². The van der Waals surface area contributed by atoms with Gasteiger partial charge >= 0.3 is 0 Å². The second-order valence-electron chi connectivity index (χ2n) is 7.27. The number of thioether (sulfide) groups is 1. The summed E-state index contributed by atoms with van der Waals surface area (Å²) in [5, 5.41) is 10.6. The summed E-state index contributed by atoms with van der Waals surface area (Å²) in [6.45, 7) is 0.190. The summed E-state index contributed by atoms with van der Waals surface area (Å²) in [6.07, 6.45) is 0.108. The van der Waals surface area contributed by atoms with E-state index in [1.807, 2.05) is 0 Å². The number of ether oxygens (including phenoxy) is 3. The first kappa shape index (κ1) is 21.8. The molecule has 0 saturated carbocycles. The van der Waals surface area contributed by atoms with Crippen LogP contribution in [0.15, 0.2) is 47.0 Å². The molecule has 1 amide bonds. The van der Waals surface area contributed by atoms with Gasteiger partial charge in [0.25, 0.3) is 0 Å². The molecular formula is C23H22FN3O4S. The smallest absolute Gasteiger partial charge is 0.229 e. The Kier molecular flexibility index (Phi) is 6.15. The number of nitriles is 1. The number of halogens is 1. The van der Waals surface area contributed by atoms with Gasteiger partial charge in [-0.2, -0.15) is 5.26 Å². The number of allylic oxidation sites excluding steroid dienone is 1. The van der Waals surface area contributed by atoms with Crippen molar-refractivity contribution in [1.82, 2.24) is 4.90 Å². The molecule has 0 aromatic heterocycles. The molecule has 166 valence electrons. The number of methoxy groups -OCH3 is 3. The van der Waals surface area contributed by atoms with Crippen molar-refractivity contribution in [2.24, 2.45) is 0 Å². The van der Waals surface area contributed by atoms with Gasteiger partial charge in [0.15, 0.2) is 11.5 Å². The molecule has 0 spiro atoms. The SMILES string of the molecule is COc1cc(C2CC(=O)N3CN(c4ccccc4F)CSC3=C2C#N)cc(OC)c1OC. The fourth-order valence-electron chi connectivity index (χ4n) is 4.01. The summed E-state index contributed by atoms with van der Waals surface area (Å²) in [4.78, 5) is 16.5. The molecule has 1 atom stereocenters. The second kappa shape index (κ2) is 9.01. The van der Waals surface area contributed by atoms with Crippen molar-refractivity contribution in [2.75, 3.05) is 38.8 Å². The average Bonchev–Trinajstić information content (AvgIpc) is 2.83. The first-order valence-electron chi connectivity index (χ1n) is 9.89. The van der Waals surface area contributed by atoms with Gasteiger partial charge in [0.05, 0.1) is 56.2 Å². The number of fused-ring (bicyclic) bond motifs is 1. The highest BCUT2D eigenvalue weighted by molar-refractivity contribution is 8.03. The zero-order chi connectivity index (χ0) is 22.8. The molecule has 32 heavy (non-hydrogen) atoms. The lowest BCUT2D eigenvalue weighted by Crippen LogP contribution is -2.47. The van der Waals surface area contributed by atoms with Crippen molar-refractivity contribution >= 4 is 23.4 Å². The minimum absolute atomic E-state index is 0.108. The quantitative estimate of drug-likeness (QED) is 0.673. The van der Waals surface area contributed by atoms with Crippen molar-refractivity contribution < 1.29 is 23.4 Å². The zero-order valence-corrected chi connectivity index (χ0v) is 18.7. The molecule has 2 aromatic carbocycles. The number of carbonyl (C=O) groups excluding carboxylic acids is 1. The van der Waals surface area contributed by atoms with Gasteiger partial charge in [-0.25, -0.2) is 4.39 Å². The maximum Gasteiger partial charge on any atom is 0.229 e. The number of nitrogens with zero attached hydrogens (tertiary/aromatic N) is 3. The first-order valence-corrected chi connectivity index (χ1v) is 10.9. The van der Waals surface area contributed by atoms with E-state index in [1.165, 1.54) is 39.2 Å². The van der Waals surface area contributed by atoms with Crippen LogP contribution in [-0.2, 0) is 4.79 Å². The van der Waals surface area contributed by atoms with Crippen molar-refractivity contribution in [2.45, 2.75) is 12.3 Å². The van der Waals surface area contributed by atoms with E-state index < -0.39 is 5.92 Å². The monoisotopic (exact) mass is 455 g/mol. The number of carbonyl (C=O) groups is 1. The zero-order valence-electron chi connectivity index (χ0n) is 17.9. The maximum absolute atomic E-state index is 14.3. The predicted molar refractivity (Wildman–Crippen MR) is 119 cm³/mol. The highest BCUT2D eigenvalue weighted by atomic mass is 32.2. The number of hydrogen-bond acceptors (Lipinski definition) is 7. The van der Waals surface area contributed by atoms with Gasteiger partial charge in [-0.1, -0.05) is 23.9 Å². The van der Waals surface area contributed by atoms with Crippen LogP contribution in [0.4, 0.5) is 10.1 Å². The molecule has 1 unspecified atom stereocenters. The molecule has 0 radical (unpaired) electrons. The Morgan fingerprint density at radius 3 is 2.41 bits per heavy atom. The van der Waals surface area contributed by atoms with Gasteiger partial charge in [-0.3, -0.25) is 9.69 Å². The van der Waals surface area contributed by atoms with Crippen LogP contribution < -0.4 is 19.1 Å². The van der Waals surface area contributed by atoms with Gasteiger partial charge < -0.3 is 19.1 Å². The van der Waals surface area contributed by atoms with Crippen LogP contribution in [0.25, 0.3) is 0 Å². The standard InChI is InChI=1S/C23H22FN3O4S/c1-29-19-8-14(9-20(30-2)22(19)31-3)15-10-21(28)27-12-26(13-32-23(27)16(15)11-25)18-7-5-4-6-17(18)24/h4-9,15H,10,12-13H2,1-3H3. The van der Waals surface area contributed by atoms with Crippen molar-refractivity contribution in [3.05, 3.63) is 58.4 Å². The first-order chi connectivity index (χ1) is 15.5. The summed E-state index contributed by atoms with van der Waals surface area (Å²) < 4.78 is 30.5. The summed E-state index contributed by atoms with van der Waals surface area (Å²) in [5.74, 6) is 0.864. The lowest BCUT2D eigenvalue weighted by Gasteiger charge is -2.42. The number of hydrogen-bond donors (Lipinski definition) is 0. The Bertz CT molecular complexity index is 1110. The molecule has 7 nitrogen and oxygen atoms in total. The highest BCUT2D eigenvalue weighted by Gasteiger charge is 2.39. The van der Waals surface area contributed by atoms with Gasteiger partial charge in [0, 0.05) is 12.3 Å². The van der Waals surface area contributed by atoms with Crippen LogP contribution in [0.5, 0.6) is 17.2 Å². The van der Waals surface area contributed by atoms with Crippen LogP contribution >= 0.6 is 11.8 Å². The van der Waals surface area contributed by atoms with Gasteiger partial charge in [0.2, 0.25) is 11.7 Å². The van der Waals surface area contributed by atoms with Gasteiger partial charge in [-0.05, 0) is 29.8 Å². The van der Waals surface area contributed by atoms with Crippen LogP contribution in [0.1, 0.15) is 17.9 Å². The third-order valence-corrected chi connectivity index (χ3v) is 6.73. The summed E-state index contributed by atoms with van der Waals surface area (Å²) in [6, 6.07) is 12.3. The van der Waals surface area contributed by atoms with Gasteiger partial charge in [-0.15, -0.1) is 0 Å². The summed E-state index contributed by atoms with van der Waals surface area (Å²) >= 11 is 1.36. The molecule has 2 heterocycles. The van der Waals surface area contributed by atoms with E-state index in [9.17, 15) is 14.4 Å². The third-order valence-electron chi connectivity index (χ3n) is 5.58. The van der Waals surface area contributed by atoms with E-state index in [4.69, 9.17) is 14.2 Å². The van der Waals surface area contributed by atoms with Crippen molar-refractivity contribution in [3.63, 3.8) is 0 Å². The number of para-hydroxylation sites is 1. The predicted octanol–water partition coefficient (Wildman–Crippen LogP) is 4.07. The summed E-state index contributed by atoms with van der Waals surface area (Å²) in [5.41, 5.74) is 1.66. The fraction of sp³-hybridized carbons (Fsp3) is 0.304. The topological polar surface area (TPSA) is 75.0 Å². The third kappa shape index (κ3) is 3.71. The lowest BCUT2D eigenvalue weighted by molar-refractivity contribution is -0.129. The second-order valence-corrected chi connectivity index (χ2v) is 8.21. The van der Waals surface area contributed by atoms with Crippen LogP contribution in [0.2, 0.25) is 0 Å². The Balaban J connectivity index is 1.72. The molecule has 2 aromatic rings. The van der Waals surface area contributed by atoms with E-state index in [2.05, 4.69) is 6.07 Å². The van der Waals surface area contributed by atoms with Crippen LogP contribution in [0, 0.1) is 17.1 Å². The highest BCUT2D eigenvalue weighted by Crippen LogP contribution is 2.47. The maximum atomic E-state index is 14.3. The Morgan fingerprint density at radius 1 is 1.12 bits per heavy atom. The van der Waals surface area contributed by atoms with Crippen LogP contribution in [0.3, 0.4) is 0 Å². The van der Waals surface area contributed by atoms with Crippen molar-refractivity contribution in [3.8, 4) is 23.3 Å². The van der Waals surface area contributed by atoms with Crippen LogP contribution in [-0.4, -0.2) is 44.7 Å². The minimum atomic E-state index is -0.444. The van der Waals surface area contributed by atoms with E-state index in [1.54, 1.807) is 40.1 Å². The number of rotatable bonds is 5. The molecule has 4 rings (SSSR count). The molecular weight excluding hydrogens is 433 g/mol. The number of anilines is 1. The average molecular weight is 456 g/mol. The molecule has 0 aliphatic carbocycles. The minimum Gasteiger partial charge on any atom is -0.493 e. The largest absolute Gasteiger partial charge is 0.493 e. The molecule has 0 N–H and O–H groups in total. The fourth-order valence-corrected chi connectivity index (χ4v) is 5.17. The molecule has 1 saturated heterocycles. The summed E-state index contributed by atoms with van der Waals surface area (Å²) in [7, 11) is 4.56. The van der Waals surface area contributed by atoms with E-state index >= 15 is 0 Å². The molecule has 2 aliphatic rings. The molecule has 9 heteroatoms. The molecule has 1 fully saturated rings. The Hall–Kier alpha value is -3.38. The Morgan fingerprint density at radius 2 is 1.81 bits per heavy atom. The molecule has 2 aliphatic heterocycles. The van der Waals surface area contributed by atoms with E-state index in [0.29, 0.717) is 39.4 Å². The number of amides is 1. The van der Waals surface area contributed by atoms with E-state index in [-0.39, 0.29) is 24.8 Å². The molecule has 0 bridgehead atoms.